The number of hydrogen-bond acceptors (Lipinski definition) is 2. The third-order valence-corrected chi connectivity index (χ3v) is 5.40. The summed E-state index contributed by atoms with van der Waals surface area (Å²) in [6, 6.07) is 0. The Labute approximate surface area is 112 Å². The molecule has 1 aliphatic heterocycles. The van der Waals surface area contributed by atoms with Gasteiger partial charge in [-0.1, -0.05) is 33.1 Å². The number of likely N-dealkylation sites (tertiary alicyclic amines) is 1. The number of Topliss-reactive ketones (excluding diaryl/α,β-unsaturated/α-hetero) is 1. The summed E-state index contributed by atoms with van der Waals surface area (Å²) in [7, 11) is 0. The van der Waals surface area contributed by atoms with Gasteiger partial charge in [-0.25, -0.2) is 0 Å². The van der Waals surface area contributed by atoms with Gasteiger partial charge in [0.15, 0.2) is 0 Å². The number of rotatable bonds is 3. The van der Waals surface area contributed by atoms with Crippen LogP contribution in [0.4, 0.5) is 0 Å². The Kier molecular flexibility index (Phi) is 4.15. The normalized spacial score (nSPS) is 25.3. The van der Waals surface area contributed by atoms with Crippen LogP contribution in [0.3, 0.4) is 0 Å². The van der Waals surface area contributed by atoms with Gasteiger partial charge in [-0.3, -0.25) is 4.79 Å². The first-order valence-corrected chi connectivity index (χ1v) is 7.67. The Morgan fingerprint density at radius 1 is 1.06 bits per heavy atom. The minimum Gasteiger partial charge on any atom is -0.302 e. The van der Waals surface area contributed by atoms with Crippen molar-refractivity contribution in [3.8, 4) is 0 Å². The minimum atomic E-state index is -0.170. The molecule has 104 valence electrons. The van der Waals surface area contributed by atoms with Crippen molar-refractivity contribution in [1.82, 2.24) is 4.90 Å². The summed E-state index contributed by atoms with van der Waals surface area (Å²) in [6.45, 7) is 9.25. The first-order valence-electron chi connectivity index (χ1n) is 7.67. The molecular weight excluding hydrogens is 222 g/mol. The fourth-order valence-corrected chi connectivity index (χ4v) is 3.66. The Bertz CT molecular complexity index is 292. The molecule has 0 bridgehead atoms. The van der Waals surface area contributed by atoms with Crippen LogP contribution in [0.15, 0.2) is 0 Å². The molecule has 0 radical (unpaired) electrons. The van der Waals surface area contributed by atoms with Crippen molar-refractivity contribution in [2.24, 2.45) is 10.8 Å². The highest BCUT2D eigenvalue weighted by Gasteiger charge is 2.37. The second-order valence-corrected chi connectivity index (χ2v) is 7.28. The van der Waals surface area contributed by atoms with Gasteiger partial charge >= 0.3 is 0 Å². The van der Waals surface area contributed by atoms with Gasteiger partial charge in [0.1, 0.15) is 5.78 Å². The fourth-order valence-electron chi connectivity index (χ4n) is 3.66. The van der Waals surface area contributed by atoms with Gasteiger partial charge in [-0.2, -0.15) is 0 Å². The Balaban J connectivity index is 1.85. The Morgan fingerprint density at radius 2 is 1.61 bits per heavy atom. The molecule has 1 spiro atoms. The van der Waals surface area contributed by atoms with Crippen LogP contribution in [0.1, 0.15) is 65.7 Å². The first-order chi connectivity index (χ1) is 8.44. The van der Waals surface area contributed by atoms with Gasteiger partial charge in [0, 0.05) is 12.0 Å². The van der Waals surface area contributed by atoms with E-state index in [1.54, 1.807) is 6.92 Å². The highest BCUT2D eigenvalue weighted by molar-refractivity contribution is 5.81. The van der Waals surface area contributed by atoms with E-state index in [0.717, 1.165) is 6.54 Å². The third kappa shape index (κ3) is 3.14. The van der Waals surface area contributed by atoms with E-state index in [-0.39, 0.29) is 5.41 Å². The average Bonchev–Trinajstić information content (AvgIpc) is 2.33. The van der Waals surface area contributed by atoms with E-state index in [9.17, 15) is 4.79 Å². The van der Waals surface area contributed by atoms with Gasteiger partial charge in [0.2, 0.25) is 0 Å². The molecule has 2 rings (SSSR count). The first kappa shape index (κ1) is 14.0. The van der Waals surface area contributed by atoms with Crippen LogP contribution < -0.4 is 0 Å². The molecule has 1 saturated carbocycles. The predicted octanol–water partition coefficient (Wildman–Crippen LogP) is 3.65. The lowest BCUT2D eigenvalue weighted by molar-refractivity contribution is -0.126. The number of hydrogen-bond donors (Lipinski definition) is 0. The fraction of sp³-hybridized carbons (Fsp3) is 0.938. The topological polar surface area (TPSA) is 20.3 Å². The largest absolute Gasteiger partial charge is 0.302 e. The zero-order chi connectivity index (χ0) is 13.2. The van der Waals surface area contributed by atoms with Crippen molar-refractivity contribution in [2.75, 3.05) is 19.6 Å². The highest BCUT2D eigenvalue weighted by atomic mass is 16.1. The number of nitrogens with zero attached hydrogens (tertiary/aromatic N) is 1. The van der Waals surface area contributed by atoms with Gasteiger partial charge in [-0.15, -0.1) is 0 Å². The zero-order valence-electron chi connectivity index (χ0n) is 12.4. The molecule has 2 nitrogen and oxygen atoms in total. The standard InChI is InChI=1S/C16H29NO/c1-14(18)15(2,3)13-17-11-9-16(10-12-17)7-5-4-6-8-16/h4-13H2,1-3H3. The molecule has 1 saturated heterocycles. The molecule has 2 heteroatoms. The van der Waals surface area contributed by atoms with Crippen molar-refractivity contribution in [3.05, 3.63) is 0 Å². The molecule has 18 heavy (non-hydrogen) atoms. The lowest BCUT2D eigenvalue weighted by atomic mass is 9.68. The van der Waals surface area contributed by atoms with Crippen molar-refractivity contribution in [2.45, 2.75) is 65.7 Å². The van der Waals surface area contributed by atoms with E-state index in [1.807, 2.05) is 0 Å². The van der Waals surface area contributed by atoms with E-state index >= 15 is 0 Å². The molecule has 2 fully saturated rings. The van der Waals surface area contributed by atoms with Crippen molar-refractivity contribution in [3.63, 3.8) is 0 Å². The predicted molar refractivity (Wildman–Crippen MR) is 75.7 cm³/mol. The maximum atomic E-state index is 11.6. The molecule has 0 aromatic rings. The second kappa shape index (κ2) is 5.32. The van der Waals surface area contributed by atoms with Crippen LogP contribution in [0.25, 0.3) is 0 Å². The number of carbonyl (C=O) groups is 1. The molecular formula is C16H29NO. The van der Waals surface area contributed by atoms with E-state index in [0.29, 0.717) is 11.2 Å². The van der Waals surface area contributed by atoms with E-state index in [4.69, 9.17) is 0 Å². The number of carbonyl (C=O) groups excluding carboxylic acids is 1. The number of piperidine rings is 1. The SMILES string of the molecule is CC(=O)C(C)(C)CN1CCC2(CCCCC2)CC1. The smallest absolute Gasteiger partial charge is 0.136 e. The van der Waals surface area contributed by atoms with E-state index in [2.05, 4.69) is 18.7 Å². The van der Waals surface area contributed by atoms with Crippen LogP contribution in [-0.4, -0.2) is 30.3 Å². The summed E-state index contributed by atoms with van der Waals surface area (Å²) in [5, 5.41) is 0. The summed E-state index contributed by atoms with van der Waals surface area (Å²) in [6.07, 6.45) is 9.97. The van der Waals surface area contributed by atoms with Crippen LogP contribution in [-0.2, 0) is 4.79 Å². The summed E-state index contributed by atoms with van der Waals surface area (Å²) < 4.78 is 0. The molecule has 0 aromatic carbocycles. The van der Waals surface area contributed by atoms with Crippen LogP contribution in [0.5, 0.6) is 0 Å². The molecule has 0 aromatic heterocycles. The molecule has 2 aliphatic rings. The Hall–Kier alpha value is -0.370. The van der Waals surface area contributed by atoms with Crippen molar-refractivity contribution in [1.29, 1.82) is 0 Å². The quantitative estimate of drug-likeness (QED) is 0.763. The third-order valence-electron chi connectivity index (χ3n) is 5.40. The molecule has 1 heterocycles. The number of ketones is 1. The average molecular weight is 251 g/mol. The summed E-state index contributed by atoms with van der Waals surface area (Å²) >= 11 is 0. The molecule has 0 atom stereocenters. The van der Waals surface area contributed by atoms with Gasteiger partial charge in [0.25, 0.3) is 0 Å². The second-order valence-electron chi connectivity index (χ2n) is 7.28. The van der Waals surface area contributed by atoms with Crippen molar-refractivity contribution >= 4 is 5.78 Å². The minimum absolute atomic E-state index is 0.170. The van der Waals surface area contributed by atoms with Gasteiger partial charge in [-0.05, 0) is 51.1 Å². The van der Waals surface area contributed by atoms with Crippen LogP contribution >= 0.6 is 0 Å². The Morgan fingerprint density at radius 3 is 2.11 bits per heavy atom. The summed E-state index contributed by atoms with van der Waals surface area (Å²) in [4.78, 5) is 14.1. The molecule has 0 N–H and O–H groups in total. The lowest BCUT2D eigenvalue weighted by Gasteiger charge is -2.45. The van der Waals surface area contributed by atoms with Crippen molar-refractivity contribution < 1.29 is 4.79 Å². The van der Waals surface area contributed by atoms with Gasteiger partial charge in [0.05, 0.1) is 0 Å². The maximum absolute atomic E-state index is 11.6. The lowest BCUT2D eigenvalue weighted by Crippen LogP contribution is -2.46. The van der Waals surface area contributed by atoms with E-state index < -0.39 is 0 Å². The zero-order valence-corrected chi connectivity index (χ0v) is 12.4. The molecule has 0 unspecified atom stereocenters. The molecule has 1 aliphatic carbocycles. The maximum Gasteiger partial charge on any atom is 0.136 e. The van der Waals surface area contributed by atoms with E-state index in [1.165, 1.54) is 58.0 Å². The van der Waals surface area contributed by atoms with Gasteiger partial charge < -0.3 is 4.90 Å². The summed E-state index contributed by atoms with van der Waals surface area (Å²) in [5.41, 5.74) is 0.506. The highest BCUT2D eigenvalue weighted by Crippen LogP contribution is 2.44. The van der Waals surface area contributed by atoms with Crippen LogP contribution in [0, 0.1) is 10.8 Å². The van der Waals surface area contributed by atoms with Crippen LogP contribution in [0.2, 0.25) is 0 Å². The summed E-state index contributed by atoms with van der Waals surface area (Å²) in [5.74, 6) is 0.320. The monoisotopic (exact) mass is 251 g/mol. The molecule has 0 amide bonds.